The summed E-state index contributed by atoms with van der Waals surface area (Å²) in [6, 6.07) is -0.420. The van der Waals surface area contributed by atoms with Crippen molar-refractivity contribution in [3.63, 3.8) is 0 Å². The van der Waals surface area contributed by atoms with Gasteiger partial charge in [-0.25, -0.2) is 4.79 Å². The van der Waals surface area contributed by atoms with Gasteiger partial charge in [0.25, 0.3) is 0 Å². The Morgan fingerprint density at radius 3 is 2.19 bits per heavy atom. The highest BCUT2D eigenvalue weighted by atomic mass is 19.4. The van der Waals surface area contributed by atoms with Gasteiger partial charge in [-0.15, -0.1) is 0 Å². The van der Waals surface area contributed by atoms with Crippen molar-refractivity contribution in [2.45, 2.75) is 51.9 Å². The topological polar surface area (TPSA) is 38.3 Å². The first-order chi connectivity index (χ1) is 7.19. The molecule has 2 unspecified atom stereocenters. The zero-order valence-electron chi connectivity index (χ0n) is 9.94. The highest BCUT2D eigenvalue weighted by molar-refractivity contribution is 5.81. The third-order valence-corrected chi connectivity index (χ3v) is 2.40. The molecular weight excluding hydrogens is 223 g/mol. The summed E-state index contributed by atoms with van der Waals surface area (Å²) < 4.78 is 42.9. The van der Waals surface area contributed by atoms with Crippen LogP contribution in [0.1, 0.15) is 34.1 Å². The van der Waals surface area contributed by atoms with Crippen LogP contribution in [0.3, 0.4) is 0 Å². The van der Waals surface area contributed by atoms with Crippen molar-refractivity contribution < 1.29 is 22.7 Å². The van der Waals surface area contributed by atoms with Gasteiger partial charge in [0, 0.05) is 6.04 Å². The Morgan fingerprint density at radius 1 is 1.38 bits per heavy atom. The minimum Gasteiger partial charge on any atom is -0.464 e. The Kier molecular flexibility index (Phi) is 5.25. The van der Waals surface area contributed by atoms with Crippen LogP contribution in [0.5, 0.6) is 0 Å². The molecule has 0 bridgehead atoms. The summed E-state index contributed by atoms with van der Waals surface area (Å²) in [5.41, 5.74) is -2.64. The van der Waals surface area contributed by atoms with E-state index in [9.17, 15) is 18.0 Å². The molecule has 0 radical (unpaired) electrons. The number of hydrogen-bond acceptors (Lipinski definition) is 3. The molecule has 1 N–H and O–H groups in total. The highest BCUT2D eigenvalue weighted by Crippen LogP contribution is 2.31. The van der Waals surface area contributed by atoms with Crippen molar-refractivity contribution in [2.24, 2.45) is 0 Å². The predicted octanol–water partition coefficient (Wildman–Crippen LogP) is 2.26. The van der Waals surface area contributed by atoms with E-state index >= 15 is 0 Å². The lowest BCUT2D eigenvalue weighted by Crippen LogP contribution is -2.63. The summed E-state index contributed by atoms with van der Waals surface area (Å²) in [4.78, 5) is 11.4. The van der Waals surface area contributed by atoms with E-state index in [1.165, 1.54) is 6.92 Å². The van der Waals surface area contributed by atoms with E-state index in [0.29, 0.717) is 6.42 Å². The number of hydrogen-bond donors (Lipinski definition) is 1. The Morgan fingerprint density at radius 2 is 1.88 bits per heavy atom. The van der Waals surface area contributed by atoms with Gasteiger partial charge in [-0.3, -0.25) is 5.32 Å². The first-order valence-electron chi connectivity index (χ1n) is 5.20. The number of nitrogens with one attached hydrogen (secondary N) is 1. The van der Waals surface area contributed by atoms with Gasteiger partial charge in [-0.2, -0.15) is 13.2 Å². The van der Waals surface area contributed by atoms with Crippen molar-refractivity contribution in [3.8, 4) is 0 Å². The molecule has 0 fully saturated rings. The number of esters is 1. The summed E-state index contributed by atoms with van der Waals surface area (Å²) in [5, 5.41) is 2.27. The molecule has 0 aliphatic rings. The number of alkyl halides is 3. The molecule has 96 valence electrons. The zero-order valence-corrected chi connectivity index (χ0v) is 9.94. The number of halogens is 3. The number of ether oxygens (including phenoxy) is 1. The van der Waals surface area contributed by atoms with Crippen LogP contribution in [0.15, 0.2) is 0 Å². The van der Waals surface area contributed by atoms with Crippen LogP contribution >= 0.6 is 0 Å². The van der Waals surface area contributed by atoms with Crippen LogP contribution in [0.4, 0.5) is 13.2 Å². The maximum absolute atomic E-state index is 12.8. The summed E-state index contributed by atoms with van der Waals surface area (Å²) >= 11 is 0. The van der Waals surface area contributed by atoms with Crippen LogP contribution in [0.2, 0.25) is 0 Å². The maximum atomic E-state index is 12.8. The molecule has 0 aromatic carbocycles. The van der Waals surface area contributed by atoms with Crippen molar-refractivity contribution >= 4 is 5.97 Å². The predicted molar refractivity (Wildman–Crippen MR) is 54.0 cm³/mol. The Bertz CT molecular complexity index is 243. The van der Waals surface area contributed by atoms with E-state index in [-0.39, 0.29) is 6.61 Å². The molecule has 0 aliphatic carbocycles. The van der Waals surface area contributed by atoms with Crippen molar-refractivity contribution in [1.29, 1.82) is 0 Å². The molecule has 16 heavy (non-hydrogen) atoms. The van der Waals surface area contributed by atoms with Crippen LogP contribution in [-0.2, 0) is 9.53 Å². The lowest BCUT2D eigenvalue weighted by Gasteiger charge is -2.33. The molecule has 0 heterocycles. The molecule has 0 aromatic heterocycles. The zero-order chi connectivity index (χ0) is 13.0. The van der Waals surface area contributed by atoms with Crippen LogP contribution in [-0.4, -0.2) is 30.3 Å². The molecule has 0 saturated carbocycles. The Hall–Kier alpha value is -0.780. The molecule has 0 amide bonds. The van der Waals surface area contributed by atoms with Gasteiger partial charge in [-0.1, -0.05) is 6.92 Å². The highest BCUT2D eigenvalue weighted by Gasteiger charge is 2.58. The standard InChI is InChI=1S/C10H18F3NO2/c1-5-7(3)14-9(4,10(11,12)13)8(15)16-6-2/h7,14H,5-6H2,1-4H3. The third kappa shape index (κ3) is 3.37. The van der Waals surface area contributed by atoms with Gasteiger partial charge in [0.2, 0.25) is 5.54 Å². The summed E-state index contributed by atoms with van der Waals surface area (Å²) in [7, 11) is 0. The molecule has 0 saturated heterocycles. The van der Waals surface area contributed by atoms with Gasteiger partial charge in [0.1, 0.15) is 0 Å². The second-order valence-corrected chi connectivity index (χ2v) is 3.80. The van der Waals surface area contributed by atoms with Crippen molar-refractivity contribution in [1.82, 2.24) is 5.32 Å². The van der Waals surface area contributed by atoms with Gasteiger partial charge in [-0.05, 0) is 27.2 Å². The van der Waals surface area contributed by atoms with Gasteiger partial charge in [0.15, 0.2) is 0 Å². The molecule has 2 atom stereocenters. The summed E-state index contributed by atoms with van der Waals surface area (Å²) in [6.45, 7) is 5.52. The lowest BCUT2D eigenvalue weighted by molar-refractivity contribution is -0.211. The SMILES string of the molecule is CCOC(=O)C(C)(NC(C)CC)C(F)(F)F. The molecule has 6 heteroatoms. The van der Waals surface area contributed by atoms with Crippen molar-refractivity contribution in [2.75, 3.05) is 6.61 Å². The average molecular weight is 241 g/mol. The summed E-state index contributed by atoms with van der Waals surface area (Å²) in [5.74, 6) is -1.29. The fourth-order valence-corrected chi connectivity index (χ4v) is 1.13. The minimum atomic E-state index is -4.68. The van der Waals surface area contributed by atoms with Crippen LogP contribution in [0, 0.1) is 0 Å². The number of carbonyl (C=O) groups is 1. The third-order valence-electron chi connectivity index (χ3n) is 2.40. The molecule has 0 spiro atoms. The molecule has 0 rings (SSSR count). The fourth-order valence-electron chi connectivity index (χ4n) is 1.13. The first kappa shape index (κ1) is 15.2. The molecular formula is C10H18F3NO2. The number of carbonyl (C=O) groups excluding carboxylic acids is 1. The van der Waals surface area contributed by atoms with Crippen LogP contribution in [0.25, 0.3) is 0 Å². The van der Waals surface area contributed by atoms with Crippen LogP contribution < -0.4 is 5.32 Å². The van der Waals surface area contributed by atoms with E-state index < -0.39 is 23.7 Å². The monoisotopic (exact) mass is 241 g/mol. The number of rotatable bonds is 5. The van der Waals surface area contributed by atoms with Gasteiger partial charge < -0.3 is 4.74 Å². The quantitative estimate of drug-likeness (QED) is 0.750. The van der Waals surface area contributed by atoms with Gasteiger partial charge >= 0.3 is 12.1 Å². The average Bonchev–Trinajstić information content (AvgIpc) is 2.16. The summed E-state index contributed by atoms with van der Waals surface area (Å²) in [6.07, 6.45) is -4.19. The van der Waals surface area contributed by atoms with E-state index in [1.54, 1.807) is 13.8 Å². The smallest absolute Gasteiger partial charge is 0.417 e. The minimum absolute atomic E-state index is 0.0767. The van der Waals surface area contributed by atoms with E-state index in [1.807, 2.05) is 0 Å². The van der Waals surface area contributed by atoms with Gasteiger partial charge in [0.05, 0.1) is 6.61 Å². The van der Waals surface area contributed by atoms with Crippen molar-refractivity contribution in [3.05, 3.63) is 0 Å². The largest absolute Gasteiger partial charge is 0.464 e. The second kappa shape index (κ2) is 5.52. The Labute approximate surface area is 93.3 Å². The molecule has 3 nitrogen and oxygen atoms in total. The first-order valence-corrected chi connectivity index (χ1v) is 5.20. The molecule has 0 aromatic rings. The lowest BCUT2D eigenvalue weighted by atomic mass is 10.00. The van der Waals surface area contributed by atoms with E-state index in [2.05, 4.69) is 10.1 Å². The fraction of sp³-hybridized carbons (Fsp3) is 0.900. The Balaban J connectivity index is 4.97. The normalized spacial score (nSPS) is 17.7. The molecule has 0 aliphatic heterocycles. The maximum Gasteiger partial charge on any atom is 0.417 e. The van der Waals surface area contributed by atoms with E-state index in [0.717, 1.165) is 6.92 Å². The van der Waals surface area contributed by atoms with E-state index in [4.69, 9.17) is 0 Å². The second-order valence-electron chi connectivity index (χ2n) is 3.80.